The number of carbonyl (C=O) groups is 1. The standard InChI is InChI=1S/C11H14FNO4S/c1-8(6-11(14)15)7-13-18(16,17)10-4-2-9(12)3-5-10/h2-5,8,13H,6-7H2,1H3,(H,14,15). The van der Waals surface area contributed by atoms with Crippen molar-refractivity contribution < 1.29 is 22.7 Å². The monoisotopic (exact) mass is 275 g/mol. The van der Waals surface area contributed by atoms with E-state index >= 15 is 0 Å². The number of sulfonamides is 1. The first-order chi connectivity index (χ1) is 8.31. The van der Waals surface area contributed by atoms with E-state index in [9.17, 15) is 17.6 Å². The zero-order valence-electron chi connectivity index (χ0n) is 9.76. The predicted octanol–water partition coefficient (Wildman–Crippen LogP) is 1.21. The number of carboxylic acids is 1. The molecule has 1 aromatic rings. The van der Waals surface area contributed by atoms with Crippen LogP contribution in [-0.2, 0) is 14.8 Å². The van der Waals surface area contributed by atoms with Crippen LogP contribution in [0.3, 0.4) is 0 Å². The highest BCUT2D eigenvalue weighted by Crippen LogP contribution is 2.10. The summed E-state index contributed by atoms with van der Waals surface area (Å²) in [6.45, 7) is 1.65. The molecule has 100 valence electrons. The molecular weight excluding hydrogens is 261 g/mol. The summed E-state index contributed by atoms with van der Waals surface area (Å²) in [6.07, 6.45) is -0.119. The van der Waals surface area contributed by atoms with Crippen LogP contribution in [0.4, 0.5) is 4.39 Å². The lowest BCUT2D eigenvalue weighted by atomic mass is 10.1. The molecule has 0 heterocycles. The van der Waals surface area contributed by atoms with E-state index in [1.54, 1.807) is 6.92 Å². The van der Waals surface area contributed by atoms with E-state index in [-0.39, 0.29) is 23.8 Å². The number of carboxylic acid groups (broad SMARTS) is 1. The number of nitrogens with one attached hydrogen (secondary N) is 1. The van der Waals surface area contributed by atoms with Crippen molar-refractivity contribution in [3.8, 4) is 0 Å². The molecule has 5 nitrogen and oxygen atoms in total. The predicted molar refractivity (Wildman–Crippen MR) is 63.0 cm³/mol. The van der Waals surface area contributed by atoms with E-state index in [0.29, 0.717) is 0 Å². The van der Waals surface area contributed by atoms with E-state index < -0.39 is 21.8 Å². The van der Waals surface area contributed by atoms with Gasteiger partial charge in [0.15, 0.2) is 0 Å². The Balaban J connectivity index is 2.65. The lowest BCUT2D eigenvalue weighted by Gasteiger charge is -2.10. The van der Waals surface area contributed by atoms with Gasteiger partial charge in [-0.05, 0) is 30.2 Å². The largest absolute Gasteiger partial charge is 0.481 e. The third-order valence-corrected chi connectivity index (χ3v) is 3.71. The van der Waals surface area contributed by atoms with Gasteiger partial charge in [0.2, 0.25) is 10.0 Å². The summed E-state index contributed by atoms with van der Waals surface area (Å²) in [4.78, 5) is 10.4. The molecule has 1 unspecified atom stereocenters. The van der Waals surface area contributed by atoms with E-state index in [2.05, 4.69) is 4.72 Å². The second kappa shape index (κ2) is 5.92. The van der Waals surface area contributed by atoms with Gasteiger partial charge in [-0.25, -0.2) is 17.5 Å². The van der Waals surface area contributed by atoms with E-state index in [4.69, 9.17) is 5.11 Å². The molecule has 1 rings (SSSR count). The Morgan fingerprint density at radius 1 is 1.39 bits per heavy atom. The van der Waals surface area contributed by atoms with Gasteiger partial charge < -0.3 is 5.11 Å². The topological polar surface area (TPSA) is 83.5 Å². The third-order valence-electron chi connectivity index (χ3n) is 2.27. The molecule has 0 fully saturated rings. The van der Waals surface area contributed by atoms with Crippen LogP contribution in [0.5, 0.6) is 0 Å². The number of hydrogen-bond acceptors (Lipinski definition) is 3. The van der Waals surface area contributed by atoms with Gasteiger partial charge in [0.05, 0.1) is 4.90 Å². The summed E-state index contributed by atoms with van der Waals surface area (Å²) >= 11 is 0. The average molecular weight is 275 g/mol. The lowest BCUT2D eigenvalue weighted by Crippen LogP contribution is -2.29. The summed E-state index contributed by atoms with van der Waals surface area (Å²) in [6, 6.07) is 4.41. The number of aliphatic carboxylic acids is 1. The smallest absolute Gasteiger partial charge is 0.303 e. The fourth-order valence-electron chi connectivity index (χ4n) is 1.32. The van der Waals surface area contributed by atoms with Gasteiger partial charge in [0, 0.05) is 13.0 Å². The molecule has 0 aromatic heterocycles. The first-order valence-corrected chi connectivity index (χ1v) is 6.76. The molecule has 0 spiro atoms. The van der Waals surface area contributed by atoms with Gasteiger partial charge in [0.25, 0.3) is 0 Å². The molecule has 0 aliphatic heterocycles. The van der Waals surface area contributed by atoms with Crippen molar-refractivity contribution in [2.24, 2.45) is 5.92 Å². The molecule has 0 saturated heterocycles. The fourth-order valence-corrected chi connectivity index (χ4v) is 2.48. The van der Waals surface area contributed by atoms with Crippen LogP contribution in [0.2, 0.25) is 0 Å². The summed E-state index contributed by atoms with van der Waals surface area (Å²) < 4.78 is 38.4. The van der Waals surface area contributed by atoms with Gasteiger partial charge in [-0.15, -0.1) is 0 Å². The van der Waals surface area contributed by atoms with Gasteiger partial charge in [0.1, 0.15) is 5.82 Å². The van der Waals surface area contributed by atoms with E-state index in [1.165, 1.54) is 0 Å². The highest BCUT2D eigenvalue weighted by atomic mass is 32.2. The van der Waals surface area contributed by atoms with Crippen LogP contribution in [0, 0.1) is 11.7 Å². The van der Waals surface area contributed by atoms with Crippen molar-refractivity contribution in [1.29, 1.82) is 0 Å². The van der Waals surface area contributed by atoms with Crippen LogP contribution in [0.15, 0.2) is 29.2 Å². The number of benzene rings is 1. The van der Waals surface area contributed by atoms with Crippen LogP contribution < -0.4 is 4.72 Å². The maximum absolute atomic E-state index is 12.7. The summed E-state index contributed by atoms with van der Waals surface area (Å²) in [5, 5.41) is 8.54. The Bertz CT molecular complexity index is 512. The van der Waals surface area contributed by atoms with Crippen LogP contribution >= 0.6 is 0 Å². The van der Waals surface area contributed by atoms with Gasteiger partial charge >= 0.3 is 5.97 Å². The Hall–Kier alpha value is -1.47. The average Bonchev–Trinajstić information content (AvgIpc) is 2.26. The highest BCUT2D eigenvalue weighted by Gasteiger charge is 2.16. The molecule has 0 bridgehead atoms. The first-order valence-electron chi connectivity index (χ1n) is 5.28. The molecule has 0 aliphatic rings. The molecule has 2 N–H and O–H groups in total. The Morgan fingerprint density at radius 3 is 2.44 bits per heavy atom. The third kappa shape index (κ3) is 4.42. The molecular formula is C11H14FNO4S. The number of hydrogen-bond donors (Lipinski definition) is 2. The van der Waals surface area contributed by atoms with Gasteiger partial charge in [-0.1, -0.05) is 6.92 Å². The maximum Gasteiger partial charge on any atom is 0.303 e. The van der Waals surface area contributed by atoms with Gasteiger partial charge in [-0.2, -0.15) is 0 Å². The van der Waals surface area contributed by atoms with Crippen molar-refractivity contribution in [3.05, 3.63) is 30.1 Å². The number of halogens is 1. The zero-order valence-corrected chi connectivity index (χ0v) is 10.6. The SMILES string of the molecule is CC(CNS(=O)(=O)c1ccc(F)cc1)CC(=O)O. The summed E-state index contributed by atoms with van der Waals surface area (Å²) in [5.74, 6) is -1.82. The lowest BCUT2D eigenvalue weighted by molar-refractivity contribution is -0.137. The van der Waals surface area contributed by atoms with Crippen molar-refractivity contribution in [3.63, 3.8) is 0 Å². The van der Waals surface area contributed by atoms with E-state index in [1.807, 2.05) is 0 Å². The minimum Gasteiger partial charge on any atom is -0.481 e. The van der Waals surface area contributed by atoms with Crippen LogP contribution in [0.1, 0.15) is 13.3 Å². The first kappa shape index (κ1) is 14.6. The van der Waals surface area contributed by atoms with Crippen LogP contribution in [0.25, 0.3) is 0 Å². The quantitative estimate of drug-likeness (QED) is 0.817. The van der Waals surface area contributed by atoms with Crippen LogP contribution in [-0.4, -0.2) is 26.0 Å². The van der Waals surface area contributed by atoms with Crippen molar-refractivity contribution >= 4 is 16.0 Å². The van der Waals surface area contributed by atoms with Crippen molar-refractivity contribution in [1.82, 2.24) is 4.72 Å². The second-order valence-electron chi connectivity index (χ2n) is 4.01. The van der Waals surface area contributed by atoms with E-state index in [0.717, 1.165) is 24.3 Å². The molecule has 1 aromatic carbocycles. The molecule has 0 amide bonds. The molecule has 0 aliphatic carbocycles. The van der Waals surface area contributed by atoms with Crippen molar-refractivity contribution in [2.75, 3.05) is 6.54 Å². The molecule has 0 saturated carbocycles. The zero-order chi connectivity index (χ0) is 13.8. The number of rotatable bonds is 6. The fraction of sp³-hybridized carbons (Fsp3) is 0.364. The molecule has 7 heteroatoms. The summed E-state index contributed by atoms with van der Waals surface area (Å²) in [5.41, 5.74) is 0. The molecule has 0 radical (unpaired) electrons. The Morgan fingerprint density at radius 2 is 1.94 bits per heavy atom. The minimum absolute atomic E-state index is 0.0199. The maximum atomic E-state index is 12.7. The summed E-state index contributed by atoms with van der Waals surface area (Å²) in [7, 11) is -3.72. The van der Waals surface area contributed by atoms with Crippen molar-refractivity contribution in [2.45, 2.75) is 18.2 Å². The minimum atomic E-state index is -3.72. The molecule has 1 atom stereocenters. The second-order valence-corrected chi connectivity index (χ2v) is 5.78. The van der Waals surface area contributed by atoms with Gasteiger partial charge in [-0.3, -0.25) is 4.79 Å². The molecule has 18 heavy (non-hydrogen) atoms. The normalized spacial score (nSPS) is 13.2. The Labute approximate surface area is 105 Å². The highest BCUT2D eigenvalue weighted by molar-refractivity contribution is 7.89. The Kier molecular flexibility index (Phi) is 4.80.